The summed E-state index contributed by atoms with van der Waals surface area (Å²) in [6.45, 7) is 0. The van der Waals surface area contributed by atoms with Gasteiger partial charge in [-0.05, 0) is 29.3 Å². The van der Waals surface area contributed by atoms with Crippen LogP contribution in [0.25, 0.3) is 6.08 Å². The molecule has 80 valence electrons. The normalized spacial score (nSPS) is 10.0. The molecule has 6 heteroatoms. The van der Waals surface area contributed by atoms with Gasteiger partial charge in [-0.2, -0.15) is 5.26 Å². The van der Waals surface area contributed by atoms with Gasteiger partial charge in [-0.1, -0.05) is 0 Å². The van der Waals surface area contributed by atoms with Crippen LogP contribution in [0.1, 0.15) is 15.9 Å². The van der Waals surface area contributed by atoms with Crippen molar-refractivity contribution in [2.24, 2.45) is 0 Å². The Labute approximate surface area is 95.7 Å². The van der Waals surface area contributed by atoms with Gasteiger partial charge < -0.3 is 0 Å². The fourth-order valence-corrected chi connectivity index (χ4v) is 1.28. The lowest BCUT2D eigenvalue weighted by molar-refractivity contribution is -0.384. The third-order valence-electron chi connectivity index (χ3n) is 1.80. The number of nitro benzene ring substituents is 1. The Balaban J connectivity index is 3.33. The third-order valence-corrected chi connectivity index (χ3v) is 2.00. The van der Waals surface area contributed by atoms with Crippen molar-refractivity contribution in [2.75, 3.05) is 0 Å². The van der Waals surface area contributed by atoms with Crippen LogP contribution in [0.4, 0.5) is 5.69 Å². The van der Waals surface area contributed by atoms with Crippen LogP contribution in [0.3, 0.4) is 0 Å². The van der Waals surface area contributed by atoms with Crippen LogP contribution in [-0.2, 0) is 0 Å². The molecule has 0 spiro atoms. The van der Waals surface area contributed by atoms with Crippen molar-refractivity contribution in [1.82, 2.24) is 0 Å². The molecule has 0 N–H and O–H groups in total. The summed E-state index contributed by atoms with van der Waals surface area (Å²) in [5, 5.41) is 18.1. The summed E-state index contributed by atoms with van der Waals surface area (Å²) in [5.74, 6) is 0. The molecule has 1 aromatic rings. The molecule has 5 nitrogen and oxygen atoms in total. The molecule has 0 aliphatic heterocycles. The zero-order valence-electron chi connectivity index (χ0n) is 7.88. The van der Waals surface area contributed by atoms with E-state index in [1.54, 1.807) is 6.07 Å². The van der Waals surface area contributed by atoms with Gasteiger partial charge in [0.05, 0.1) is 11.0 Å². The summed E-state index contributed by atoms with van der Waals surface area (Å²) in [6.07, 6.45) is 2.41. The maximum absolute atomic E-state index is 11.0. The second-order valence-electron chi connectivity index (χ2n) is 2.76. The molecular formula is C10H5ClN2O3. The molecule has 0 bridgehead atoms. The number of hydrogen-bond acceptors (Lipinski definition) is 4. The molecule has 0 fully saturated rings. The molecule has 16 heavy (non-hydrogen) atoms. The SMILES string of the molecule is N#C/C=C/c1cc([N+](=O)[O-])ccc1C(=O)Cl. The number of nitro groups is 1. The molecule has 1 aromatic carbocycles. The van der Waals surface area contributed by atoms with Crippen molar-refractivity contribution < 1.29 is 9.72 Å². The fourth-order valence-electron chi connectivity index (χ4n) is 1.11. The summed E-state index contributed by atoms with van der Waals surface area (Å²) >= 11 is 5.29. The van der Waals surface area contributed by atoms with E-state index in [-0.39, 0.29) is 16.8 Å². The zero-order valence-corrected chi connectivity index (χ0v) is 8.64. The first kappa shape index (κ1) is 11.9. The van der Waals surface area contributed by atoms with Crippen LogP contribution in [-0.4, -0.2) is 10.2 Å². The molecule has 0 atom stereocenters. The number of benzene rings is 1. The van der Waals surface area contributed by atoms with Crippen molar-refractivity contribution in [3.63, 3.8) is 0 Å². The number of non-ortho nitro benzene ring substituents is 1. The quantitative estimate of drug-likeness (QED) is 0.349. The molecule has 0 heterocycles. The van der Waals surface area contributed by atoms with E-state index in [0.29, 0.717) is 0 Å². The minimum Gasteiger partial charge on any atom is -0.276 e. The van der Waals surface area contributed by atoms with Gasteiger partial charge in [-0.3, -0.25) is 14.9 Å². The van der Waals surface area contributed by atoms with E-state index in [9.17, 15) is 14.9 Å². The predicted molar refractivity (Wildman–Crippen MR) is 57.9 cm³/mol. The summed E-state index contributed by atoms with van der Waals surface area (Å²) in [6, 6.07) is 5.34. The first-order valence-electron chi connectivity index (χ1n) is 4.10. The Morgan fingerprint density at radius 2 is 2.25 bits per heavy atom. The number of hydrogen-bond donors (Lipinski definition) is 0. The second-order valence-corrected chi connectivity index (χ2v) is 3.11. The highest BCUT2D eigenvalue weighted by Crippen LogP contribution is 2.20. The first-order valence-corrected chi connectivity index (χ1v) is 4.48. The van der Waals surface area contributed by atoms with Gasteiger partial charge in [0.1, 0.15) is 0 Å². The molecule has 0 radical (unpaired) electrons. The van der Waals surface area contributed by atoms with Gasteiger partial charge in [0.25, 0.3) is 10.9 Å². The van der Waals surface area contributed by atoms with Gasteiger partial charge in [0, 0.05) is 23.8 Å². The maximum Gasteiger partial charge on any atom is 0.270 e. The van der Waals surface area contributed by atoms with Crippen LogP contribution in [0.2, 0.25) is 0 Å². The third kappa shape index (κ3) is 2.65. The van der Waals surface area contributed by atoms with Crippen LogP contribution < -0.4 is 0 Å². The Bertz CT molecular complexity index is 517. The first-order chi connectivity index (χ1) is 7.56. The van der Waals surface area contributed by atoms with E-state index in [0.717, 1.165) is 6.08 Å². The summed E-state index contributed by atoms with van der Waals surface area (Å²) < 4.78 is 0. The summed E-state index contributed by atoms with van der Waals surface area (Å²) in [7, 11) is 0. The van der Waals surface area contributed by atoms with Crippen molar-refractivity contribution >= 4 is 28.6 Å². The van der Waals surface area contributed by atoms with E-state index in [2.05, 4.69) is 0 Å². The maximum atomic E-state index is 11.0. The lowest BCUT2D eigenvalue weighted by Crippen LogP contribution is -1.96. The minimum absolute atomic E-state index is 0.124. The minimum atomic E-state index is -0.729. The Kier molecular flexibility index (Phi) is 3.75. The predicted octanol–water partition coefficient (Wildman–Crippen LogP) is 2.51. The van der Waals surface area contributed by atoms with E-state index >= 15 is 0 Å². The van der Waals surface area contributed by atoms with Crippen LogP contribution in [0.15, 0.2) is 24.3 Å². The van der Waals surface area contributed by atoms with Crippen LogP contribution >= 0.6 is 11.6 Å². The average Bonchev–Trinajstić information content (AvgIpc) is 2.25. The highest BCUT2D eigenvalue weighted by atomic mass is 35.5. The average molecular weight is 237 g/mol. The number of nitrogens with zero attached hydrogens (tertiary/aromatic N) is 2. The summed E-state index contributed by atoms with van der Waals surface area (Å²) in [5.41, 5.74) is 0.203. The van der Waals surface area contributed by atoms with Gasteiger partial charge in [-0.25, -0.2) is 0 Å². The monoisotopic (exact) mass is 236 g/mol. The molecule has 0 saturated carbocycles. The zero-order chi connectivity index (χ0) is 12.1. The molecule has 0 aliphatic carbocycles. The largest absolute Gasteiger partial charge is 0.276 e. The molecule has 0 aliphatic rings. The smallest absolute Gasteiger partial charge is 0.270 e. The molecule has 0 saturated heterocycles. The number of carbonyl (C=O) groups is 1. The van der Waals surface area contributed by atoms with Crippen molar-refractivity contribution in [2.45, 2.75) is 0 Å². The lowest BCUT2D eigenvalue weighted by atomic mass is 10.1. The van der Waals surface area contributed by atoms with E-state index < -0.39 is 10.2 Å². The second kappa shape index (κ2) is 5.05. The lowest BCUT2D eigenvalue weighted by Gasteiger charge is -2.00. The van der Waals surface area contributed by atoms with Crippen molar-refractivity contribution in [1.29, 1.82) is 5.26 Å². The highest BCUT2D eigenvalue weighted by Gasteiger charge is 2.12. The van der Waals surface area contributed by atoms with E-state index in [1.165, 1.54) is 24.3 Å². The number of halogens is 1. The fraction of sp³-hybridized carbons (Fsp3) is 0. The Morgan fingerprint density at radius 3 is 2.75 bits per heavy atom. The standard InChI is InChI=1S/C10H5ClN2O3/c11-10(14)9-4-3-8(13(15)16)6-7(9)2-1-5-12/h1-4,6H/b2-1+. The number of nitriles is 1. The van der Waals surface area contributed by atoms with Gasteiger partial charge in [-0.15, -0.1) is 0 Å². The summed E-state index contributed by atoms with van der Waals surface area (Å²) in [4.78, 5) is 20.9. The van der Waals surface area contributed by atoms with Crippen LogP contribution in [0, 0.1) is 21.4 Å². The van der Waals surface area contributed by atoms with Gasteiger partial charge >= 0.3 is 0 Å². The highest BCUT2D eigenvalue weighted by molar-refractivity contribution is 6.68. The topological polar surface area (TPSA) is 84.0 Å². The van der Waals surface area contributed by atoms with E-state index in [4.69, 9.17) is 16.9 Å². The Hall–Kier alpha value is -2.19. The van der Waals surface area contributed by atoms with Gasteiger partial charge in [0.2, 0.25) is 0 Å². The molecular weight excluding hydrogens is 232 g/mol. The van der Waals surface area contributed by atoms with Gasteiger partial charge in [0.15, 0.2) is 0 Å². The number of carbonyl (C=O) groups excluding carboxylic acids is 1. The number of rotatable bonds is 3. The van der Waals surface area contributed by atoms with Crippen molar-refractivity contribution in [3.05, 3.63) is 45.5 Å². The molecule has 1 rings (SSSR count). The van der Waals surface area contributed by atoms with E-state index in [1.807, 2.05) is 0 Å². The molecule has 0 unspecified atom stereocenters. The molecule has 0 amide bonds. The molecule has 0 aromatic heterocycles. The van der Waals surface area contributed by atoms with Crippen LogP contribution in [0.5, 0.6) is 0 Å². The number of allylic oxidation sites excluding steroid dienone is 1. The Morgan fingerprint density at radius 1 is 1.56 bits per heavy atom. The van der Waals surface area contributed by atoms with Crippen molar-refractivity contribution in [3.8, 4) is 6.07 Å².